The Hall–Kier alpha value is -1.33. The van der Waals surface area contributed by atoms with E-state index in [1.54, 1.807) is 13.4 Å². The second kappa shape index (κ2) is 7.49. The average molecular weight is 320 g/mol. The van der Waals surface area contributed by atoms with Crippen molar-refractivity contribution in [2.75, 3.05) is 33.3 Å². The molecule has 0 spiro atoms. The van der Waals surface area contributed by atoms with Crippen molar-refractivity contribution >= 4 is 5.91 Å². The molecule has 0 aliphatic carbocycles. The highest BCUT2D eigenvalue weighted by atomic mass is 16.5. The molecule has 0 unspecified atom stereocenters. The van der Waals surface area contributed by atoms with Gasteiger partial charge in [0.25, 0.3) is 5.91 Å². The fourth-order valence-electron chi connectivity index (χ4n) is 3.84. The van der Waals surface area contributed by atoms with Crippen molar-refractivity contribution < 1.29 is 13.9 Å². The van der Waals surface area contributed by atoms with Gasteiger partial charge in [0.05, 0.1) is 17.9 Å². The van der Waals surface area contributed by atoms with E-state index in [0.29, 0.717) is 6.54 Å². The van der Waals surface area contributed by atoms with Gasteiger partial charge in [0.15, 0.2) is 0 Å². The summed E-state index contributed by atoms with van der Waals surface area (Å²) in [6.07, 6.45) is 7.05. The van der Waals surface area contributed by atoms with E-state index in [1.807, 2.05) is 11.0 Å². The lowest BCUT2D eigenvalue weighted by atomic mass is 10.1. The van der Waals surface area contributed by atoms with E-state index >= 15 is 0 Å². The number of rotatable bonds is 6. The van der Waals surface area contributed by atoms with Crippen LogP contribution in [-0.4, -0.2) is 61.1 Å². The number of nitrogens with zero attached hydrogens (tertiary/aromatic N) is 2. The number of hydrogen-bond acceptors (Lipinski definition) is 4. The Morgan fingerprint density at radius 1 is 1.39 bits per heavy atom. The van der Waals surface area contributed by atoms with Crippen LogP contribution in [-0.2, 0) is 11.2 Å². The smallest absolute Gasteiger partial charge is 0.257 e. The number of likely N-dealkylation sites (tertiary alicyclic amines) is 2. The Morgan fingerprint density at radius 3 is 2.87 bits per heavy atom. The zero-order valence-electron chi connectivity index (χ0n) is 14.3. The molecule has 0 bridgehead atoms. The SMILES string of the molecule is CCCc1occc1C(=O)N1C[C@@H](OC)C[C@H]1CN1CCCC1. The molecule has 3 heterocycles. The van der Waals surface area contributed by atoms with E-state index < -0.39 is 0 Å². The van der Waals surface area contributed by atoms with Crippen LogP contribution in [0, 0.1) is 0 Å². The van der Waals surface area contributed by atoms with Gasteiger partial charge in [-0.25, -0.2) is 0 Å². The monoisotopic (exact) mass is 320 g/mol. The summed E-state index contributed by atoms with van der Waals surface area (Å²) in [5.74, 6) is 0.921. The number of carbonyl (C=O) groups excluding carboxylic acids is 1. The molecule has 2 fully saturated rings. The Balaban J connectivity index is 1.73. The van der Waals surface area contributed by atoms with Crippen LogP contribution in [0.4, 0.5) is 0 Å². The summed E-state index contributed by atoms with van der Waals surface area (Å²) in [5, 5.41) is 0. The van der Waals surface area contributed by atoms with Crippen molar-refractivity contribution in [3.8, 4) is 0 Å². The molecule has 1 amide bonds. The van der Waals surface area contributed by atoms with Gasteiger partial charge in [0, 0.05) is 32.7 Å². The Morgan fingerprint density at radius 2 is 2.17 bits per heavy atom. The van der Waals surface area contributed by atoms with Crippen molar-refractivity contribution in [2.24, 2.45) is 0 Å². The molecular weight excluding hydrogens is 292 g/mol. The van der Waals surface area contributed by atoms with Crippen molar-refractivity contribution in [2.45, 2.75) is 51.2 Å². The maximum Gasteiger partial charge on any atom is 0.257 e. The van der Waals surface area contributed by atoms with Gasteiger partial charge < -0.3 is 19.0 Å². The van der Waals surface area contributed by atoms with E-state index in [4.69, 9.17) is 9.15 Å². The lowest BCUT2D eigenvalue weighted by Crippen LogP contribution is -2.42. The molecule has 128 valence electrons. The zero-order chi connectivity index (χ0) is 16.2. The summed E-state index contributed by atoms with van der Waals surface area (Å²) in [5.41, 5.74) is 0.732. The highest BCUT2D eigenvalue weighted by molar-refractivity contribution is 5.95. The minimum atomic E-state index is 0.103. The van der Waals surface area contributed by atoms with Crippen LogP contribution in [0.5, 0.6) is 0 Å². The van der Waals surface area contributed by atoms with Gasteiger partial charge in [-0.2, -0.15) is 0 Å². The summed E-state index contributed by atoms with van der Waals surface area (Å²) >= 11 is 0. The molecule has 2 aliphatic rings. The summed E-state index contributed by atoms with van der Waals surface area (Å²) < 4.78 is 11.1. The normalized spacial score (nSPS) is 25.4. The molecule has 1 aromatic rings. The number of aryl methyl sites for hydroxylation is 1. The van der Waals surface area contributed by atoms with Crippen LogP contribution >= 0.6 is 0 Å². The number of methoxy groups -OCH3 is 1. The van der Waals surface area contributed by atoms with E-state index in [1.165, 1.54) is 12.8 Å². The predicted octanol–water partition coefficient (Wildman–Crippen LogP) is 2.56. The largest absolute Gasteiger partial charge is 0.469 e. The third-order valence-electron chi connectivity index (χ3n) is 5.09. The summed E-state index contributed by atoms with van der Waals surface area (Å²) in [4.78, 5) is 17.5. The Labute approximate surface area is 138 Å². The van der Waals surface area contributed by atoms with Crippen molar-refractivity contribution in [1.29, 1.82) is 0 Å². The molecular formula is C18H28N2O3. The first-order valence-corrected chi connectivity index (χ1v) is 8.85. The van der Waals surface area contributed by atoms with Gasteiger partial charge in [0.1, 0.15) is 5.76 Å². The lowest BCUT2D eigenvalue weighted by Gasteiger charge is -2.28. The maximum absolute atomic E-state index is 13.0. The minimum Gasteiger partial charge on any atom is -0.469 e. The van der Waals surface area contributed by atoms with Crippen molar-refractivity contribution in [3.05, 3.63) is 23.7 Å². The molecule has 5 nitrogen and oxygen atoms in total. The Kier molecular flexibility index (Phi) is 5.38. The molecule has 2 saturated heterocycles. The molecule has 0 radical (unpaired) electrons. The summed E-state index contributed by atoms with van der Waals surface area (Å²) in [7, 11) is 1.74. The number of ether oxygens (including phenoxy) is 1. The zero-order valence-corrected chi connectivity index (χ0v) is 14.3. The second-order valence-electron chi connectivity index (χ2n) is 6.72. The lowest BCUT2D eigenvalue weighted by molar-refractivity contribution is 0.0668. The van der Waals surface area contributed by atoms with E-state index in [9.17, 15) is 4.79 Å². The summed E-state index contributed by atoms with van der Waals surface area (Å²) in [6.45, 7) is 6.06. The highest BCUT2D eigenvalue weighted by Gasteiger charge is 2.37. The van der Waals surface area contributed by atoms with Gasteiger partial charge in [-0.05, 0) is 44.8 Å². The molecule has 0 saturated carbocycles. The van der Waals surface area contributed by atoms with Crippen LogP contribution in [0.2, 0.25) is 0 Å². The fourth-order valence-corrected chi connectivity index (χ4v) is 3.84. The average Bonchev–Trinajstić information content (AvgIpc) is 3.28. The summed E-state index contributed by atoms with van der Waals surface area (Å²) in [6, 6.07) is 2.07. The van der Waals surface area contributed by atoms with Gasteiger partial charge in [-0.1, -0.05) is 6.92 Å². The van der Waals surface area contributed by atoms with E-state index in [2.05, 4.69) is 11.8 Å². The van der Waals surface area contributed by atoms with Crippen molar-refractivity contribution in [1.82, 2.24) is 9.80 Å². The maximum atomic E-state index is 13.0. The molecule has 1 aromatic heterocycles. The van der Waals surface area contributed by atoms with E-state index in [-0.39, 0.29) is 18.1 Å². The minimum absolute atomic E-state index is 0.103. The molecule has 0 N–H and O–H groups in total. The Bertz CT molecular complexity index is 522. The van der Waals surface area contributed by atoms with Crippen LogP contribution < -0.4 is 0 Å². The number of amides is 1. The predicted molar refractivity (Wildman–Crippen MR) is 88.6 cm³/mol. The third-order valence-corrected chi connectivity index (χ3v) is 5.09. The number of carbonyl (C=O) groups is 1. The first kappa shape index (κ1) is 16.5. The van der Waals surface area contributed by atoms with Gasteiger partial charge >= 0.3 is 0 Å². The molecule has 0 aromatic carbocycles. The first-order chi connectivity index (χ1) is 11.2. The fraction of sp³-hybridized carbons (Fsp3) is 0.722. The van der Waals surface area contributed by atoms with Gasteiger partial charge in [0.2, 0.25) is 0 Å². The van der Waals surface area contributed by atoms with Crippen LogP contribution in [0.15, 0.2) is 16.7 Å². The van der Waals surface area contributed by atoms with Crippen LogP contribution in [0.1, 0.15) is 48.7 Å². The van der Waals surface area contributed by atoms with Crippen molar-refractivity contribution in [3.63, 3.8) is 0 Å². The first-order valence-electron chi connectivity index (χ1n) is 8.85. The molecule has 2 atom stereocenters. The van der Waals surface area contributed by atoms with Crippen LogP contribution in [0.3, 0.4) is 0 Å². The van der Waals surface area contributed by atoms with Gasteiger partial charge in [-0.3, -0.25) is 4.79 Å². The third kappa shape index (κ3) is 3.61. The molecule has 2 aliphatic heterocycles. The molecule has 23 heavy (non-hydrogen) atoms. The standard InChI is InChI=1S/C18H28N2O3/c1-3-6-17-16(7-10-23-17)18(21)20-13-15(22-2)11-14(20)12-19-8-4-5-9-19/h7,10,14-15H,3-6,8-9,11-13H2,1-2H3/t14-,15-/m0/s1. The topological polar surface area (TPSA) is 45.9 Å². The molecule has 5 heteroatoms. The highest BCUT2D eigenvalue weighted by Crippen LogP contribution is 2.26. The second-order valence-corrected chi connectivity index (χ2v) is 6.72. The quantitative estimate of drug-likeness (QED) is 0.808. The number of furan rings is 1. The van der Waals surface area contributed by atoms with Crippen LogP contribution in [0.25, 0.3) is 0 Å². The van der Waals surface area contributed by atoms with E-state index in [0.717, 1.165) is 50.2 Å². The number of hydrogen-bond donors (Lipinski definition) is 0. The van der Waals surface area contributed by atoms with Gasteiger partial charge in [-0.15, -0.1) is 0 Å². The molecule has 3 rings (SSSR count).